The van der Waals surface area contributed by atoms with Gasteiger partial charge in [0.1, 0.15) is 0 Å². The van der Waals surface area contributed by atoms with Gasteiger partial charge in [-0.15, -0.1) is 0 Å². The van der Waals surface area contributed by atoms with Crippen molar-refractivity contribution in [1.82, 2.24) is 4.31 Å². The van der Waals surface area contributed by atoms with E-state index in [0.717, 1.165) is 0 Å². The second-order valence-electron chi connectivity index (χ2n) is 4.98. The number of benzene rings is 1. The van der Waals surface area contributed by atoms with Crippen LogP contribution >= 0.6 is 11.6 Å². The van der Waals surface area contributed by atoms with E-state index in [2.05, 4.69) is 0 Å². The molecule has 1 saturated heterocycles. The van der Waals surface area contributed by atoms with Gasteiger partial charge in [-0.25, -0.2) is 12.7 Å². The third kappa shape index (κ3) is 3.71. The summed E-state index contributed by atoms with van der Waals surface area (Å²) in [5.74, 6) is -0.907. The first-order chi connectivity index (χ1) is 9.38. The summed E-state index contributed by atoms with van der Waals surface area (Å²) < 4.78 is 26.1. The molecule has 1 atom stereocenters. The fraction of sp³-hybridized carbons (Fsp3) is 0.462. The van der Waals surface area contributed by atoms with E-state index in [0.29, 0.717) is 30.0 Å². The fourth-order valence-electron chi connectivity index (χ4n) is 2.31. The molecule has 7 heteroatoms. The van der Waals surface area contributed by atoms with Crippen molar-refractivity contribution in [3.63, 3.8) is 0 Å². The van der Waals surface area contributed by atoms with Crippen LogP contribution < -0.4 is 5.73 Å². The number of amides is 1. The van der Waals surface area contributed by atoms with Gasteiger partial charge in [-0.05, 0) is 30.5 Å². The molecular weight excluding hydrogens is 300 g/mol. The molecule has 0 bridgehead atoms. The van der Waals surface area contributed by atoms with Gasteiger partial charge in [-0.2, -0.15) is 0 Å². The summed E-state index contributed by atoms with van der Waals surface area (Å²) in [6.45, 7) is 0.630. The van der Waals surface area contributed by atoms with Gasteiger partial charge in [-0.3, -0.25) is 4.79 Å². The van der Waals surface area contributed by atoms with Gasteiger partial charge in [0.05, 0.1) is 11.7 Å². The Morgan fingerprint density at radius 2 is 2.00 bits per heavy atom. The van der Waals surface area contributed by atoms with E-state index in [1.165, 1.54) is 4.31 Å². The minimum absolute atomic E-state index is 0.0876. The van der Waals surface area contributed by atoms with Gasteiger partial charge < -0.3 is 5.73 Å². The minimum Gasteiger partial charge on any atom is -0.369 e. The Labute approximate surface area is 123 Å². The molecule has 0 aromatic heterocycles. The largest absolute Gasteiger partial charge is 0.369 e. The average molecular weight is 317 g/mol. The number of sulfonamides is 1. The van der Waals surface area contributed by atoms with E-state index in [1.807, 2.05) is 0 Å². The Kier molecular flexibility index (Phi) is 4.67. The molecule has 1 fully saturated rings. The topological polar surface area (TPSA) is 80.5 Å². The minimum atomic E-state index is -3.43. The van der Waals surface area contributed by atoms with Crippen LogP contribution in [0, 0.1) is 5.92 Å². The Morgan fingerprint density at radius 3 is 2.60 bits per heavy atom. The molecule has 2 rings (SSSR count). The first-order valence-corrected chi connectivity index (χ1v) is 8.39. The van der Waals surface area contributed by atoms with Crippen LogP contribution in [0.3, 0.4) is 0 Å². The highest BCUT2D eigenvalue weighted by Crippen LogP contribution is 2.21. The maximum atomic E-state index is 12.3. The molecule has 5 nitrogen and oxygen atoms in total. The lowest BCUT2D eigenvalue weighted by atomic mass is 9.99. The molecule has 0 spiro atoms. The average Bonchev–Trinajstić information content (AvgIpc) is 2.41. The number of nitrogens with two attached hydrogens (primary N) is 1. The SMILES string of the molecule is NC(=O)C1CCCN(S(=O)(=O)Cc2ccc(Cl)cc2)C1. The summed E-state index contributed by atoms with van der Waals surface area (Å²) in [7, 11) is -3.43. The highest BCUT2D eigenvalue weighted by Gasteiger charge is 2.31. The lowest BCUT2D eigenvalue weighted by molar-refractivity contribution is -0.122. The second kappa shape index (κ2) is 6.11. The van der Waals surface area contributed by atoms with Crippen LogP contribution in [0.5, 0.6) is 0 Å². The van der Waals surface area contributed by atoms with Crippen LogP contribution in [-0.4, -0.2) is 31.7 Å². The molecule has 1 amide bonds. The summed E-state index contributed by atoms with van der Waals surface area (Å²) in [5.41, 5.74) is 5.94. The van der Waals surface area contributed by atoms with Crippen molar-refractivity contribution in [2.75, 3.05) is 13.1 Å². The standard InChI is InChI=1S/C13H17ClN2O3S/c14-12-5-3-10(4-6-12)9-20(18,19)16-7-1-2-11(8-16)13(15)17/h3-6,11H,1-2,7-9H2,(H2,15,17). The van der Waals surface area contributed by atoms with Gasteiger partial charge in [0.15, 0.2) is 0 Å². The van der Waals surface area contributed by atoms with E-state index in [-0.39, 0.29) is 18.2 Å². The monoisotopic (exact) mass is 316 g/mol. The Morgan fingerprint density at radius 1 is 1.35 bits per heavy atom. The van der Waals surface area contributed by atoms with Crippen LogP contribution in [0.1, 0.15) is 18.4 Å². The summed E-state index contributed by atoms with van der Waals surface area (Å²) >= 11 is 5.77. The molecule has 1 aromatic carbocycles. The first kappa shape index (κ1) is 15.3. The Bertz CT molecular complexity index is 586. The van der Waals surface area contributed by atoms with Gasteiger partial charge in [0.2, 0.25) is 15.9 Å². The van der Waals surface area contributed by atoms with E-state index in [4.69, 9.17) is 17.3 Å². The van der Waals surface area contributed by atoms with Crippen molar-refractivity contribution in [2.45, 2.75) is 18.6 Å². The van der Waals surface area contributed by atoms with Crippen molar-refractivity contribution in [3.05, 3.63) is 34.9 Å². The predicted octanol–water partition coefficient (Wildman–Crippen LogP) is 1.37. The van der Waals surface area contributed by atoms with Gasteiger partial charge in [-0.1, -0.05) is 23.7 Å². The van der Waals surface area contributed by atoms with Crippen molar-refractivity contribution in [3.8, 4) is 0 Å². The van der Waals surface area contributed by atoms with Crippen molar-refractivity contribution in [1.29, 1.82) is 0 Å². The zero-order chi connectivity index (χ0) is 14.8. The molecular formula is C13H17ClN2O3S. The normalized spacial score (nSPS) is 20.8. The zero-order valence-electron chi connectivity index (χ0n) is 11.0. The van der Waals surface area contributed by atoms with E-state index in [1.54, 1.807) is 24.3 Å². The number of carbonyl (C=O) groups is 1. The Hall–Kier alpha value is -1.11. The van der Waals surface area contributed by atoms with Gasteiger partial charge >= 0.3 is 0 Å². The maximum absolute atomic E-state index is 12.3. The molecule has 0 radical (unpaired) electrons. The first-order valence-electron chi connectivity index (χ1n) is 6.40. The van der Waals surface area contributed by atoms with Crippen LogP contribution in [0.2, 0.25) is 5.02 Å². The van der Waals surface area contributed by atoms with Crippen LogP contribution in [-0.2, 0) is 20.6 Å². The van der Waals surface area contributed by atoms with E-state index in [9.17, 15) is 13.2 Å². The summed E-state index contributed by atoms with van der Waals surface area (Å²) in [5, 5.41) is 0.568. The van der Waals surface area contributed by atoms with Crippen LogP contribution in [0.25, 0.3) is 0 Å². The molecule has 1 aliphatic rings. The van der Waals surface area contributed by atoms with E-state index < -0.39 is 15.9 Å². The smallest absolute Gasteiger partial charge is 0.221 e. The number of rotatable bonds is 4. The predicted molar refractivity (Wildman–Crippen MR) is 77.6 cm³/mol. The van der Waals surface area contributed by atoms with Crippen molar-refractivity contribution >= 4 is 27.5 Å². The summed E-state index contributed by atoms with van der Waals surface area (Å²) in [4.78, 5) is 11.2. The van der Waals surface area contributed by atoms with Crippen LogP contribution in [0.15, 0.2) is 24.3 Å². The lowest BCUT2D eigenvalue weighted by Gasteiger charge is -2.30. The van der Waals surface area contributed by atoms with Crippen molar-refractivity contribution in [2.24, 2.45) is 11.7 Å². The number of hydrogen-bond acceptors (Lipinski definition) is 3. The zero-order valence-corrected chi connectivity index (χ0v) is 12.5. The number of primary amides is 1. The number of halogens is 1. The van der Waals surface area contributed by atoms with Gasteiger partial charge in [0, 0.05) is 18.1 Å². The molecule has 110 valence electrons. The number of nitrogens with zero attached hydrogens (tertiary/aromatic N) is 1. The molecule has 0 saturated carbocycles. The molecule has 2 N–H and O–H groups in total. The van der Waals surface area contributed by atoms with Gasteiger partial charge in [0.25, 0.3) is 0 Å². The van der Waals surface area contributed by atoms with Crippen LogP contribution in [0.4, 0.5) is 0 Å². The number of piperidine rings is 1. The third-order valence-corrected chi connectivity index (χ3v) is 5.51. The summed E-state index contributed by atoms with van der Waals surface area (Å²) in [6.07, 6.45) is 1.32. The number of carbonyl (C=O) groups excluding carboxylic acids is 1. The summed E-state index contributed by atoms with van der Waals surface area (Å²) in [6, 6.07) is 6.70. The highest BCUT2D eigenvalue weighted by molar-refractivity contribution is 7.88. The molecule has 0 aliphatic carbocycles. The Balaban J connectivity index is 2.09. The maximum Gasteiger partial charge on any atom is 0.221 e. The second-order valence-corrected chi connectivity index (χ2v) is 7.39. The van der Waals surface area contributed by atoms with Crippen molar-refractivity contribution < 1.29 is 13.2 Å². The molecule has 1 heterocycles. The molecule has 1 unspecified atom stereocenters. The quantitative estimate of drug-likeness (QED) is 0.911. The lowest BCUT2D eigenvalue weighted by Crippen LogP contribution is -2.44. The molecule has 1 aliphatic heterocycles. The molecule has 1 aromatic rings. The third-order valence-electron chi connectivity index (χ3n) is 3.44. The van der Waals surface area contributed by atoms with E-state index >= 15 is 0 Å². The fourth-order valence-corrected chi connectivity index (χ4v) is 4.05. The number of hydrogen-bond donors (Lipinski definition) is 1. The molecule has 20 heavy (non-hydrogen) atoms. The highest BCUT2D eigenvalue weighted by atomic mass is 35.5.